The molecular formula is C72H94N4O22. The first-order chi connectivity index (χ1) is 46.2. The number of benzene rings is 4. The number of para-hydroxylation sites is 2. The molecule has 4 amide bonds. The van der Waals surface area contributed by atoms with Crippen LogP contribution < -0.4 is 19.3 Å². The van der Waals surface area contributed by atoms with Crippen molar-refractivity contribution in [2.45, 2.75) is 197 Å². The average Bonchev–Trinajstić information content (AvgIpc) is 1.59. The Balaban J connectivity index is 0.000000254. The van der Waals surface area contributed by atoms with Gasteiger partial charge in [-0.25, -0.2) is 9.80 Å². The fourth-order valence-corrected chi connectivity index (χ4v) is 12.4. The number of hydrogen-bond acceptors (Lipinski definition) is 22. The Kier molecular flexibility index (Phi) is 27.7. The highest BCUT2D eigenvalue weighted by molar-refractivity contribution is 6.36. The molecule has 98 heavy (non-hydrogen) atoms. The number of amides is 4. The van der Waals surface area contributed by atoms with Crippen molar-refractivity contribution in [3.8, 4) is 11.5 Å². The van der Waals surface area contributed by atoms with E-state index in [1.54, 1.807) is 0 Å². The Hall–Kier alpha value is -8.72. The van der Waals surface area contributed by atoms with Crippen molar-refractivity contribution in [1.29, 1.82) is 0 Å². The predicted octanol–water partition coefficient (Wildman–Crippen LogP) is 12.3. The maximum Gasteiger partial charge on any atom is 0.311 e. The maximum absolute atomic E-state index is 13.8. The number of nitro groups is 2. The quantitative estimate of drug-likeness (QED) is 0.0161. The average molecular weight is 1370 g/mol. The van der Waals surface area contributed by atoms with Crippen molar-refractivity contribution < 1.29 is 95.9 Å². The number of rotatable bonds is 25. The summed E-state index contributed by atoms with van der Waals surface area (Å²) in [6.45, 7) is 30.5. The van der Waals surface area contributed by atoms with Gasteiger partial charge in [0, 0.05) is 63.8 Å². The highest BCUT2D eigenvalue weighted by atomic mass is 16.7. The number of nitro benzene ring substituents is 2. The van der Waals surface area contributed by atoms with Gasteiger partial charge in [0.1, 0.15) is 32.5 Å². The molecule has 4 aromatic rings. The van der Waals surface area contributed by atoms with Crippen LogP contribution in [0.4, 0.5) is 22.7 Å². The molecule has 534 valence electrons. The smallest absolute Gasteiger partial charge is 0.311 e. The fourth-order valence-electron chi connectivity index (χ4n) is 12.4. The zero-order chi connectivity index (χ0) is 72.9. The van der Waals surface area contributed by atoms with Gasteiger partial charge in [0.15, 0.2) is 23.9 Å². The summed E-state index contributed by atoms with van der Waals surface area (Å²) in [5.74, 6) is -4.25. The number of fused-ring (bicyclic) bond motifs is 2. The molecule has 1 N–H and O–H groups in total. The minimum absolute atomic E-state index is 0.00188. The van der Waals surface area contributed by atoms with E-state index in [9.17, 15) is 58.6 Å². The molecule has 4 aliphatic rings. The number of aliphatic hydroxyl groups is 1. The van der Waals surface area contributed by atoms with Gasteiger partial charge in [-0.1, -0.05) is 139 Å². The Labute approximate surface area is 571 Å². The van der Waals surface area contributed by atoms with Gasteiger partial charge >= 0.3 is 35.3 Å². The van der Waals surface area contributed by atoms with Gasteiger partial charge in [0.2, 0.25) is 0 Å². The largest absolute Gasteiger partial charge is 0.484 e. The van der Waals surface area contributed by atoms with Crippen molar-refractivity contribution in [3.63, 3.8) is 0 Å². The van der Waals surface area contributed by atoms with Gasteiger partial charge in [-0.15, -0.1) is 0 Å². The van der Waals surface area contributed by atoms with Crippen LogP contribution in [0.3, 0.4) is 0 Å². The third kappa shape index (κ3) is 18.3. The van der Waals surface area contributed by atoms with Crippen LogP contribution in [0.25, 0.3) is 0 Å². The topological polar surface area (TPSA) is 333 Å². The second-order valence-corrected chi connectivity index (χ2v) is 26.2. The Morgan fingerprint density at radius 1 is 0.520 bits per heavy atom. The summed E-state index contributed by atoms with van der Waals surface area (Å²) < 4.78 is 50.2. The number of hydrogen-bond donors (Lipinski definition) is 1. The van der Waals surface area contributed by atoms with Crippen LogP contribution in [0.15, 0.2) is 60.7 Å². The first-order valence-electron chi connectivity index (χ1n) is 33.3. The summed E-state index contributed by atoms with van der Waals surface area (Å²) in [5.41, 5.74) is 3.37. The van der Waals surface area contributed by atoms with E-state index in [1.165, 1.54) is 39.8 Å². The molecule has 10 atom stereocenters. The van der Waals surface area contributed by atoms with Crippen molar-refractivity contribution in [3.05, 3.63) is 125 Å². The molecule has 0 saturated carbocycles. The predicted molar refractivity (Wildman–Crippen MR) is 360 cm³/mol. The number of aliphatic hydroxyl groups excluding tert-OH is 1. The molecule has 8 rings (SSSR count). The number of esters is 4. The van der Waals surface area contributed by atoms with Crippen molar-refractivity contribution in [2.24, 2.45) is 23.7 Å². The van der Waals surface area contributed by atoms with Gasteiger partial charge < -0.3 is 47.7 Å². The van der Waals surface area contributed by atoms with Crippen LogP contribution in [-0.4, -0.2) is 139 Å². The first kappa shape index (κ1) is 78.3. The van der Waals surface area contributed by atoms with Gasteiger partial charge in [-0.2, -0.15) is 0 Å². The van der Waals surface area contributed by atoms with Crippen LogP contribution in [0, 0.1) is 43.9 Å². The van der Waals surface area contributed by atoms with Crippen molar-refractivity contribution in [1.82, 2.24) is 0 Å². The molecular weight excluding hydrogens is 1270 g/mol. The molecule has 0 aromatic heterocycles. The fraction of sp³-hybridized carbons (Fsp3) is 0.556. The van der Waals surface area contributed by atoms with E-state index >= 15 is 0 Å². The summed E-state index contributed by atoms with van der Waals surface area (Å²) in [6.07, 6.45) is 0.0957. The van der Waals surface area contributed by atoms with Gasteiger partial charge in [0.05, 0.1) is 75.0 Å². The molecule has 4 aliphatic heterocycles. The molecule has 4 unspecified atom stereocenters. The molecule has 2 fully saturated rings. The third-order valence-electron chi connectivity index (χ3n) is 17.9. The van der Waals surface area contributed by atoms with E-state index in [1.807, 2.05) is 113 Å². The molecule has 0 aliphatic carbocycles. The van der Waals surface area contributed by atoms with Crippen LogP contribution >= 0.6 is 0 Å². The van der Waals surface area contributed by atoms with Gasteiger partial charge in [-0.05, 0) is 64.2 Å². The molecule has 26 heteroatoms. The van der Waals surface area contributed by atoms with E-state index in [0.29, 0.717) is 11.4 Å². The Morgan fingerprint density at radius 3 is 1.24 bits per heavy atom. The molecule has 4 heterocycles. The Bertz CT molecular complexity index is 3550. The first-order valence-corrected chi connectivity index (χ1v) is 33.3. The number of carbonyl (C=O) groups excluding carboxylic acids is 8. The molecule has 0 bridgehead atoms. The number of unbranched alkanes of at least 4 members (excludes halogenated alkanes) is 1. The number of ether oxygens (including phenoxy) is 9. The SMILES string of the molecule is CC(=O)OCC1O[C@@H](OCCOc2cc3c(cc2[N+](=O)[O-])C(=O)N(c2c(C(C)C)cccc2C(C)C)C3=O)C(OC(C)=O)[C@@H](C)[C@@H]1C.CC(C)c1cccc(C(C)C)c1N1C(=O)c2cc(OCCO)c([N+](=O)[O-])cc2C1=O.CCCC[C@H]1OC(COC(C)=O)[C@@H](C)[C@H](C)C1OC(C)=O. The lowest BCUT2D eigenvalue weighted by atomic mass is 9.80. The monoisotopic (exact) mass is 1370 g/mol. The van der Waals surface area contributed by atoms with Gasteiger partial charge in [0.25, 0.3) is 23.6 Å². The minimum Gasteiger partial charge on any atom is -0.484 e. The van der Waals surface area contributed by atoms with Crippen LogP contribution in [0.1, 0.15) is 224 Å². The second-order valence-electron chi connectivity index (χ2n) is 26.2. The highest BCUT2D eigenvalue weighted by Crippen LogP contribution is 2.45. The molecule has 0 spiro atoms. The third-order valence-corrected chi connectivity index (χ3v) is 17.9. The summed E-state index contributed by atoms with van der Waals surface area (Å²) >= 11 is 0. The van der Waals surface area contributed by atoms with Crippen LogP contribution in [0.5, 0.6) is 11.5 Å². The van der Waals surface area contributed by atoms with Crippen molar-refractivity contribution >= 4 is 70.3 Å². The van der Waals surface area contributed by atoms with E-state index in [2.05, 4.69) is 13.8 Å². The number of nitrogens with zero attached hydrogens (tertiary/aromatic N) is 4. The minimum atomic E-state index is -1.03. The zero-order valence-corrected chi connectivity index (χ0v) is 59.0. The van der Waals surface area contributed by atoms with E-state index < -0.39 is 75.3 Å². The van der Waals surface area contributed by atoms with Crippen molar-refractivity contribution in [2.75, 3.05) is 49.4 Å². The maximum atomic E-state index is 13.8. The number of imide groups is 2. The molecule has 4 aromatic carbocycles. The van der Waals surface area contributed by atoms with E-state index in [0.717, 1.165) is 63.4 Å². The van der Waals surface area contributed by atoms with Crippen LogP contribution in [0.2, 0.25) is 0 Å². The number of carbonyl (C=O) groups is 8. The summed E-state index contributed by atoms with van der Waals surface area (Å²) in [6, 6.07) is 15.9. The van der Waals surface area contributed by atoms with E-state index in [4.69, 9.17) is 47.7 Å². The summed E-state index contributed by atoms with van der Waals surface area (Å²) in [4.78, 5) is 124. The molecule has 26 nitrogen and oxygen atoms in total. The summed E-state index contributed by atoms with van der Waals surface area (Å²) in [7, 11) is 0. The lowest BCUT2D eigenvalue weighted by Gasteiger charge is -2.44. The standard InChI is InChI=1S/C34H42N2O11.C22H24N2O6.C16H28O5/c1-17(2)23-10-9-11-24(18(3)4)30(23)35-32(39)25-14-27(36(41)42)28(15-26(25)33(35)40)43-12-13-44-34-31(46-22(8)38)20(6)19(5)29(47-34)16-45-21(7)37;1-12(2)14-6-5-7-15(13(3)4)20(14)23-21(26)16-10-18(24(28)29)19(30-9-8-25)11-17(16)22(23)27;1-6-7-8-14-16(20-13(5)18)11(3)10(2)15(21-14)9-19-12(4)17/h9-11,14-15,17-20,29,31,34H,12-13,16H2,1-8H3;5-7,10-13,25H,8-9H2,1-4H3;10-11,14-16H,6-9H2,1-5H3/t19-,20-,29?,31?,34+;;10-,11-,14+,15?,16?/m0.0/s1. The highest BCUT2D eigenvalue weighted by Gasteiger charge is 2.47. The normalized spacial score (nSPS) is 21.8. The van der Waals surface area contributed by atoms with Gasteiger partial charge in [-0.3, -0.25) is 58.6 Å². The molecule has 2 saturated heterocycles. The van der Waals surface area contributed by atoms with Crippen LogP contribution in [-0.2, 0) is 52.3 Å². The second kappa shape index (κ2) is 34.7. The summed E-state index contributed by atoms with van der Waals surface area (Å²) in [5, 5.41) is 32.5. The molecule has 0 radical (unpaired) electrons. The zero-order valence-electron chi connectivity index (χ0n) is 59.0. The number of anilines is 2. The lowest BCUT2D eigenvalue weighted by Crippen LogP contribution is -2.53. The Morgan fingerprint density at radius 2 is 0.888 bits per heavy atom. The van der Waals surface area contributed by atoms with E-state index in [-0.39, 0.29) is 151 Å². The lowest BCUT2D eigenvalue weighted by molar-refractivity contribution is -0.386.